The molecule has 0 aliphatic rings. The second kappa shape index (κ2) is 7.54. The first-order valence-electron chi connectivity index (χ1n) is 6.99. The molecule has 0 unspecified atom stereocenters. The molecule has 0 amide bonds. The van der Waals surface area contributed by atoms with Gasteiger partial charge in [-0.15, -0.1) is 0 Å². The van der Waals surface area contributed by atoms with Crippen LogP contribution in [0.4, 0.5) is 0 Å². The van der Waals surface area contributed by atoms with Crippen LogP contribution in [0.5, 0.6) is 0 Å². The zero-order chi connectivity index (χ0) is 13.5. The van der Waals surface area contributed by atoms with Crippen molar-refractivity contribution < 1.29 is 4.74 Å². The summed E-state index contributed by atoms with van der Waals surface area (Å²) in [5.41, 5.74) is 9.46. The molecular weight excluding hydrogens is 226 g/mol. The van der Waals surface area contributed by atoms with Gasteiger partial charge in [0, 0.05) is 24.4 Å². The summed E-state index contributed by atoms with van der Waals surface area (Å²) in [6.45, 7) is 11.5. The van der Waals surface area contributed by atoms with E-state index in [2.05, 4.69) is 37.5 Å². The molecule has 1 aromatic rings. The quantitative estimate of drug-likeness (QED) is 0.722. The van der Waals surface area contributed by atoms with Crippen molar-refractivity contribution in [1.82, 2.24) is 9.78 Å². The van der Waals surface area contributed by atoms with Crippen LogP contribution in [-0.2, 0) is 30.7 Å². The smallest absolute Gasteiger partial charge is 0.0669 e. The highest BCUT2D eigenvalue weighted by Gasteiger charge is 2.13. The van der Waals surface area contributed by atoms with E-state index in [-0.39, 0.29) is 0 Å². The number of aryl methyl sites for hydroxylation is 1. The van der Waals surface area contributed by atoms with Crippen LogP contribution in [0.1, 0.15) is 44.6 Å². The largest absolute Gasteiger partial charge is 0.379 e. The zero-order valence-electron chi connectivity index (χ0n) is 12.2. The predicted octanol–water partition coefficient (Wildman–Crippen LogP) is 2.14. The number of hydrogen-bond acceptors (Lipinski definition) is 3. The van der Waals surface area contributed by atoms with Crippen LogP contribution in [0, 0.1) is 5.92 Å². The lowest BCUT2D eigenvalue weighted by molar-refractivity contribution is 0.100. The minimum atomic E-state index is 0.582. The molecule has 0 saturated heterocycles. The zero-order valence-corrected chi connectivity index (χ0v) is 12.2. The van der Waals surface area contributed by atoms with Gasteiger partial charge in [0.05, 0.1) is 18.8 Å². The fourth-order valence-corrected chi connectivity index (χ4v) is 2.16. The van der Waals surface area contributed by atoms with Crippen LogP contribution in [0.25, 0.3) is 0 Å². The molecule has 0 spiro atoms. The summed E-state index contributed by atoms with van der Waals surface area (Å²) in [7, 11) is 0. The van der Waals surface area contributed by atoms with Gasteiger partial charge < -0.3 is 10.5 Å². The molecule has 0 atom stereocenters. The normalized spacial score (nSPS) is 11.4. The molecule has 0 aliphatic heterocycles. The third-order valence-electron chi connectivity index (χ3n) is 3.02. The van der Waals surface area contributed by atoms with Crippen LogP contribution in [-0.4, -0.2) is 23.0 Å². The summed E-state index contributed by atoms with van der Waals surface area (Å²) >= 11 is 0. The molecule has 0 saturated carbocycles. The van der Waals surface area contributed by atoms with Crippen molar-refractivity contribution in [2.45, 2.75) is 53.6 Å². The van der Waals surface area contributed by atoms with E-state index in [1.807, 2.05) is 0 Å². The first-order chi connectivity index (χ1) is 8.63. The van der Waals surface area contributed by atoms with E-state index in [9.17, 15) is 0 Å². The summed E-state index contributed by atoms with van der Waals surface area (Å²) in [5.74, 6) is 0.582. The average Bonchev–Trinajstić information content (AvgIpc) is 2.71. The van der Waals surface area contributed by atoms with E-state index in [0.717, 1.165) is 38.3 Å². The minimum absolute atomic E-state index is 0.582. The molecule has 1 rings (SSSR count). The van der Waals surface area contributed by atoms with E-state index < -0.39 is 0 Å². The van der Waals surface area contributed by atoms with E-state index in [1.165, 1.54) is 11.3 Å². The highest BCUT2D eigenvalue weighted by Crippen LogP contribution is 2.15. The average molecular weight is 253 g/mol. The fraction of sp³-hybridized carbons (Fsp3) is 0.786. The van der Waals surface area contributed by atoms with Crippen molar-refractivity contribution in [2.75, 3.05) is 13.2 Å². The number of aromatic nitrogens is 2. The maximum absolute atomic E-state index is 5.83. The van der Waals surface area contributed by atoms with Crippen LogP contribution < -0.4 is 5.73 Å². The van der Waals surface area contributed by atoms with Crippen LogP contribution in [0.2, 0.25) is 0 Å². The number of rotatable bonds is 8. The Morgan fingerprint density at radius 3 is 2.50 bits per heavy atom. The highest BCUT2D eigenvalue weighted by atomic mass is 16.5. The first kappa shape index (κ1) is 15.2. The van der Waals surface area contributed by atoms with Gasteiger partial charge in [-0.1, -0.05) is 27.7 Å². The van der Waals surface area contributed by atoms with Gasteiger partial charge in [-0.2, -0.15) is 5.10 Å². The lowest BCUT2D eigenvalue weighted by Crippen LogP contribution is -2.13. The molecule has 0 fully saturated rings. The molecule has 4 nitrogen and oxygen atoms in total. The molecule has 0 bridgehead atoms. The van der Waals surface area contributed by atoms with Gasteiger partial charge in [0.1, 0.15) is 0 Å². The van der Waals surface area contributed by atoms with Crippen molar-refractivity contribution in [1.29, 1.82) is 0 Å². The fourth-order valence-electron chi connectivity index (χ4n) is 2.16. The first-order valence-corrected chi connectivity index (χ1v) is 6.99. The second-order valence-electron chi connectivity index (χ2n) is 4.98. The number of nitrogens with zero attached hydrogens (tertiary/aromatic N) is 2. The second-order valence-corrected chi connectivity index (χ2v) is 4.98. The van der Waals surface area contributed by atoms with Crippen molar-refractivity contribution in [3.8, 4) is 0 Å². The Morgan fingerprint density at radius 1 is 1.28 bits per heavy atom. The Hall–Kier alpha value is -0.870. The van der Waals surface area contributed by atoms with Gasteiger partial charge >= 0.3 is 0 Å². The standard InChI is InChI=1S/C14H27N3O/c1-5-13-12(9-15)14(6-2)17(16-13)7-8-18-10-11(3)4/h11H,5-10,15H2,1-4H3. The predicted molar refractivity (Wildman–Crippen MR) is 74.5 cm³/mol. The molecular formula is C14H27N3O. The number of hydrogen-bond donors (Lipinski definition) is 1. The van der Waals surface area contributed by atoms with Gasteiger partial charge in [-0.3, -0.25) is 4.68 Å². The molecule has 4 heteroatoms. The highest BCUT2D eigenvalue weighted by molar-refractivity contribution is 5.26. The van der Waals surface area contributed by atoms with Crippen LogP contribution in [0.15, 0.2) is 0 Å². The Kier molecular flexibility index (Phi) is 6.36. The van der Waals surface area contributed by atoms with E-state index in [4.69, 9.17) is 10.5 Å². The topological polar surface area (TPSA) is 53.1 Å². The van der Waals surface area contributed by atoms with E-state index >= 15 is 0 Å². The van der Waals surface area contributed by atoms with Crippen LogP contribution in [0.3, 0.4) is 0 Å². The number of nitrogens with two attached hydrogens (primary N) is 1. The lowest BCUT2D eigenvalue weighted by atomic mass is 10.1. The Morgan fingerprint density at radius 2 is 2.00 bits per heavy atom. The maximum Gasteiger partial charge on any atom is 0.0669 e. The molecule has 1 heterocycles. The molecule has 1 aromatic heterocycles. The van der Waals surface area contributed by atoms with Gasteiger partial charge in [0.2, 0.25) is 0 Å². The molecule has 0 aromatic carbocycles. The van der Waals surface area contributed by atoms with Gasteiger partial charge in [0.15, 0.2) is 0 Å². The summed E-state index contributed by atoms with van der Waals surface area (Å²) in [6, 6.07) is 0. The third kappa shape index (κ3) is 3.82. The SMILES string of the molecule is CCc1nn(CCOCC(C)C)c(CC)c1CN. The summed E-state index contributed by atoms with van der Waals surface area (Å²) in [4.78, 5) is 0. The molecule has 104 valence electrons. The van der Waals surface area contributed by atoms with E-state index in [1.54, 1.807) is 0 Å². The third-order valence-corrected chi connectivity index (χ3v) is 3.02. The van der Waals surface area contributed by atoms with Crippen molar-refractivity contribution in [3.05, 3.63) is 17.0 Å². The molecule has 0 radical (unpaired) electrons. The Balaban J connectivity index is 2.67. The maximum atomic E-state index is 5.83. The molecule has 18 heavy (non-hydrogen) atoms. The van der Waals surface area contributed by atoms with Crippen molar-refractivity contribution >= 4 is 0 Å². The van der Waals surface area contributed by atoms with Gasteiger partial charge in [-0.25, -0.2) is 0 Å². The van der Waals surface area contributed by atoms with Gasteiger partial charge in [0.25, 0.3) is 0 Å². The Labute approximate surface area is 111 Å². The van der Waals surface area contributed by atoms with Crippen molar-refractivity contribution in [3.63, 3.8) is 0 Å². The summed E-state index contributed by atoms with van der Waals surface area (Å²) in [6.07, 6.45) is 1.92. The van der Waals surface area contributed by atoms with Crippen molar-refractivity contribution in [2.24, 2.45) is 11.7 Å². The van der Waals surface area contributed by atoms with E-state index in [0.29, 0.717) is 12.5 Å². The molecule has 2 N–H and O–H groups in total. The lowest BCUT2D eigenvalue weighted by Gasteiger charge is -2.09. The monoisotopic (exact) mass is 253 g/mol. The number of ether oxygens (including phenoxy) is 1. The van der Waals surface area contributed by atoms with Crippen LogP contribution >= 0.6 is 0 Å². The Bertz CT molecular complexity index is 358. The molecule has 0 aliphatic carbocycles. The minimum Gasteiger partial charge on any atom is -0.379 e. The summed E-state index contributed by atoms with van der Waals surface area (Å²) in [5, 5.41) is 4.64. The van der Waals surface area contributed by atoms with Gasteiger partial charge in [-0.05, 0) is 18.8 Å². The summed E-state index contributed by atoms with van der Waals surface area (Å²) < 4.78 is 7.69.